The van der Waals surface area contributed by atoms with E-state index in [-0.39, 0.29) is 0 Å². The Morgan fingerprint density at radius 2 is 1.40 bits per heavy atom. The molecular formula is C36H26N3O+. The molecule has 0 aliphatic heterocycles. The molecule has 5 aromatic carbocycles. The van der Waals surface area contributed by atoms with Crippen LogP contribution in [0.2, 0.25) is 0 Å². The van der Waals surface area contributed by atoms with Crippen LogP contribution in [0.25, 0.3) is 66.1 Å². The maximum Gasteiger partial charge on any atom is 0.297 e. The van der Waals surface area contributed by atoms with E-state index in [4.69, 9.17) is 11.0 Å². The first-order valence-electron chi connectivity index (χ1n) is 13.3. The highest BCUT2D eigenvalue weighted by atomic mass is 16.3. The number of fused-ring (bicyclic) bond motifs is 3. The normalized spacial score (nSPS) is 11.2. The highest BCUT2D eigenvalue weighted by Gasteiger charge is 2.27. The van der Waals surface area contributed by atoms with E-state index < -0.39 is 0 Å². The van der Waals surface area contributed by atoms with Crippen LogP contribution in [0.4, 0.5) is 5.69 Å². The molecule has 40 heavy (non-hydrogen) atoms. The van der Waals surface area contributed by atoms with Gasteiger partial charge >= 0.3 is 0 Å². The Morgan fingerprint density at radius 3 is 2.12 bits per heavy atom. The molecule has 0 amide bonds. The number of hydrogen-bond donors (Lipinski definition) is 0. The first-order valence-corrected chi connectivity index (χ1v) is 13.3. The molecule has 2 heterocycles. The molecule has 4 heteroatoms. The van der Waals surface area contributed by atoms with Gasteiger partial charge in [0.15, 0.2) is 5.69 Å². The summed E-state index contributed by atoms with van der Waals surface area (Å²) in [5.74, 6) is 1.02. The fourth-order valence-electron chi connectivity index (χ4n) is 5.67. The van der Waals surface area contributed by atoms with Crippen LogP contribution in [-0.2, 0) is 7.05 Å². The highest BCUT2D eigenvalue weighted by molar-refractivity contribution is 6.18. The van der Waals surface area contributed by atoms with E-state index >= 15 is 0 Å². The van der Waals surface area contributed by atoms with Gasteiger partial charge in [-0.05, 0) is 41.3 Å². The predicted octanol–water partition coefficient (Wildman–Crippen LogP) is 9.06. The van der Waals surface area contributed by atoms with Gasteiger partial charge in [-0.3, -0.25) is 0 Å². The summed E-state index contributed by atoms with van der Waals surface area (Å²) in [6.07, 6.45) is 4.14. The van der Waals surface area contributed by atoms with Crippen molar-refractivity contribution in [3.63, 3.8) is 0 Å². The Kier molecular flexibility index (Phi) is 5.58. The zero-order valence-corrected chi connectivity index (χ0v) is 22.3. The molecule has 7 rings (SSSR count). The number of nitrogens with zero attached hydrogens (tertiary/aromatic N) is 3. The summed E-state index contributed by atoms with van der Waals surface area (Å²) < 4.78 is 11.1. The Bertz CT molecular complexity index is 2060. The van der Waals surface area contributed by atoms with Crippen LogP contribution < -0.4 is 4.57 Å². The smallest absolute Gasteiger partial charge is 0.297 e. The van der Waals surface area contributed by atoms with Crippen LogP contribution in [-0.4, -0.2) is 4.57 Å². The fraction of sp³-hybridized carbons (Fsp3) is 0.0556. The lowest BCUT2D eigenvalue weighted by Gasteiger charge is -2.07. The molecule has 0 unspecified atom stereocenters. The van der Waals surface area contributed by atoms with Gasteiger partial charge in [0.25, 0.3) is 5.82 Å². The zero-order chi connectivity index (χ0) is 27.2. The average molecular weight is 517 g/mol. The zero-order valence-electron chi connectivity index (χ0n) is 22.3. The Hall–Kier alpha value is -5.40. The lowest BCUT2D eigenvalue weighted by Crippen LogP contribution is -2.29. The molecule has 0 bridgehead atoms. The lowest BCUT2D eigenvalue weighted by atomic mass is 9.97. The summed E-state index contributed by atoms with van der Waals surface area (Å²) in [7, 11) is 2.06. The molecule has 2 aromatic heterocycles. The molecule has 0 aliphatic carbocycles. The molecule has 0 N–H and O–H groups in total. The first-order chi connectivity index (χ1) is 19.6. The third-order valence-electron chi connectivity index (χ3n) is 7.66. The Balaban J connectivity index is 1.48. The number of rotatable bonds is 4. The summed E-state index contributed by atoms with van der Waals surface area (Å²) in [6, 6.07) is 37.4. The lowest BCUT2D eigenvalue weighted by molar-refractivity contribution is -0.659. The van der Waals surface area contributed by atoms with Gasteiger partial charge in [0.05, 0.1) is 13.6 Å². The fourth-order valence-corrected chi connectivity index (χ4v) is 5.67. The van der Waals surface area contributed by atoms with E-state index in [1.807, 2.05) is 36.4 Å². The van der Waals surface area contributed by atoms with Gasteiger partial charge in [0.2, 0.25) is 0 Å². The Labute approximate surface area is 232 Å². The quantitative estimate of drug-likeness (QED) is 0.169. The maximum absolute atomic E-state index is 7.93. The monoisotopic (exact) mass is 516 g/mol. The minimum atomic E-state index is 0.594. The number of furan rings is 1. The molecule has 0 radical (unpaired) electrons. The van der Waals surface area contributed by atoms with Gasteiger partial charge in [0.1, 0.15) is 34.8 Å². The van der Waals surface area contributed by atoms with E-state index in [0.717, 1.165) is 61.3 Å². The largest absolute Gasteiger partial charge is 0.456 e. The third-order valence-corrected chi connectivity index (χ3v) is 7.66. The van der Waals surface area contributed by atoms with Gasteiger partial charge in [-0.25, -0.2) is 9.41 Å². The predicted molar refractivity (Wildman–Crippen MR) is 162 cm³/mol. The molecule has 0 fully saturated rings. The topological polar surface area (TPSA) is 26.3 Å². The second-order valence-electron chi connectivity index (χ2n) is 10.1. The molecule has 0 atom stereocenters. The van der Waals surface area contributed by atoms with E-state index in [1.165, 1.54) is 5.56 Å². The van der Waals surface area contributed by atoms with Crippen molar-refractivity contribution < 1.29 is 8.98 Å². The van der Waals surface area contributed by atoms with Crippen LogP contribution >= 0.6 is 0 Å². The van der Waals surface area contributed by atoms with E-state index in [0.29, 0.717) is 5.69 Å². The number of aryl methyl sites for hydroxylation is 2. The van der Waals surface area contributed by atoms with Crippen molar-refractivity contribution in [1.29, 1.82) is 0 Å². The minimum absolute atomic E-state index is 0.594. The standard InChI is InChI=1S/C36H26N3O/c1-24-14-19-30-33-31(37-2)21-20-29(27-17-15-26(16-18-27)25-10-6-4-7-11-25)34(33)40-35(30)32(24)36-38(3)22-23-39(36)28-12-8-5-9-13-28/h4-23H,1,3H3/q+1. The molecule has 7 aromatic rings. The van der Waals surface area contributed by atoms with E-state index in [9.17, 15) is 0 Å². The highest BCUT2D eigenvalue weighted by Crippen LogP contribution is 2.45. The Morgan fingerprint density at radius 1 is 0.725 bits per heavy atom. The number of para-hydroxylation sites is 1. The summed E-state index contributed by atoms with van der Waals surface area (Å²) >= 11 is 0. The number of benzene rings is 5. The third kappa shape index (κ3) is 3.72. The average Bonchev–Trinajstić information content (AvgIpc) is 3.58. The molecule has 4 nitrogen and oxygen atoms in total. The number of aromatic nitrogens is 2. The van der Waals surface area contributed by atoms with Gasteiger partial charge in [-0.2, -0.15) is 4.57 Å². The van der Waals surface area contributed by atoms with Crippen molar-refractivity contribution in [3.8, 4) is 39.3 Å². The van der Waals surface area contributed by atoms with E-state index in [2.05, 4.69) is 113 Å². The molecular weight excluding hydrogens is 490 g/mol. The van der Waals surface area contributed by atoms with Crippen molar-refractivity contribution in [2.45, 2.75) is 6.92 Å². The van der Waals surface area contributed by atoms with Crippen LogP contribution in [0.1, 0.15) is 5.56 Å². The molecule has 0 aliphatic rings. The van der Waals surface area contributed by atoms with Crippen LogP contribution in [0.3, 0.4) is 0 Å². The second-order valence-corrected chi connectivity index (χ2v) is 10.1. The van der Waals surface area contributed by atoms with Crippen molar-refractivity contribution in [3.05, 3.63) is 139 Å². The summed E-state index contributed by atoms with van der Waals surface area (Å²) in [6.45, 7) is 10.0. The van der Waals surface area contributed by atoms with Gasteiger partial charge in [-0.1, -0.05) is 97.1 Å². The summed E-state index contributed by atoms with van der Waals surface area (Å²) in [4.78, 5) is 3.89. The number of hydrogen-bond acceptors (Lipinski definition) is 1. The molecule has 0 saturated carbocycles. The maximum atomic E-state index is 7.93. The SMILES string of the molecule is [C-]#[N+]c1ccc(-c2ccc(-c3ccccc3)cc2)c2oc3c(-c4n(-c5ccccc5)cc[n+]4C)c(C)ccc3c12. The second kappa shape index (κ2) is 9.41. The molecule has 190 valence electrons. The molecule has 0 spiro atoms. The summed E-state index contributed by atoms with van der Waals surface area (Å²) in [5.41, 5.74) is 9.70. The first kappa shape index (κ1) is 23.7. The van der Waals surface area contributed by atoms with Crippen molar-refractivity contribution in [1.82, 2.24) is 4.57 Å². The van der Waals surface area contributed by atoms with Gasteiger partial charge in [-0.15, -0.1) is 0 Å². The van der Waals surface area contributed by atoms with Crippen molar-refractivity contribution >= 4 is 27.6 Å². The van der Waals surface area contributed by atoms with Crippen LogP contribution in [0, 0.1) is 13.5 Å². The summed E-state index contributed by atoms with van der Waals surface area (Å²) in [5, 5.41) is 1.81. The van der Waals surface area contributed by atoms with Crippen molar-refractivity contribution in [2.24, 2.45) is 7.05 Å². The minimum Gasteiger partial charge on any atom is -0.456 e. The van der Waals surface area contributed by atoms with E-state index in [1.54, 1.807) is 0 Å². The number of imidazole rings is 1. The van der Waals surface area contributed by atoms with Gasteiger partial charge < -0.3 is 4.42 Å². The molecule has 0 saturated heterocycles. The van der Waals surface area contributed by atoms with Crippen LogP contribution in [0.5, 0.6) is 0 Å². The van der Waals surface area contributed by atoms with Gasteiger partial charge in [0, 0.05) is 16.3 Å². The van der Waals surface area contributed by atoms with Crippen molar-refractivity contribution in [2.75, 3.05) is 0 Å². The van der Waals surface area contributed by atoms with Crippen LogP contribution in [0.15, 0.2) is 126 Å².